The SMILES string of the molecule is CC(O)(Cc1ccc(F)cc1)C1(C#N)CCCC1. The second-order valence-corrected chi connectivity index (χ2v) is 5.48. The Morgan fingerprint density at radius 1 is 1.33 bits per heavy atom. The van der Waals surface area contributed by atoms with Crippen molar-refractivity contribution >= 4 is 0 Å². The van der Waals surface area contributed by atoms with Gasteiger partial charge >= 0.3 is 0 Å². The molecule has 0 heterocycles. The molecule has 3 heteroatoms. The van der Waals surface area contributed by atoms with E-state index in [0.29, 0.717) is 6.42 Å². The van der Waals surface area contributed by atoms with Crippen LogP contribution in [0.25, 0.3) is 0 Å². The summed E-state index contributed by atoms with van der Waals surface area (Å²) < 4.78 is 12.8. The van der Waals surface area contributed by atoms with Crippen LogP contribution in [0.3, 0.4) is 0 Å². The smallest absolute Gasteiger partial charge is 0.123 e. The van der Waals surface area contributed by atoms with Gasteiger partial charge in [-0.2, -0.15) is 5.26 Å². The average molecular weight is 247 g/mol. The van der Waals surface area contributed by atoms with E-state index in [-0.39, 0.29) is 5.82 Å². The first-order valence-electron chi connectivity index (χ1n) is 6.37. The second kappa shape index (κ2) is 4.70. The van der Waals surface area contributed by atoms with Gasteiger partial charge in [0.05, 0.1) is 17.1 Å². The van der Waals surface area contributed by atoms with Crippen LogP contribution in [-0.2, 0) is 6.42 Å². The molecule has 0 aromatic heterocycles. The summed E-state index contributed by atoms with van der Waals surface area (Å²) in [6.45, 7) is 1.73. The molecule has 2 rings (SSSR count). The summed E-state index contributed by atoms with van der Waals surface area (Å²) >= 11 is 0. The van der Waals surface area contributed by atoms with Gasteiger partial charge in [0.1, 0.15) is 5.82 Å². The van der Waals surface area contributed by atoms with Crippen LogP contribution < -0.4 is 0 Å². The Morgan fingerprint density at radius 3 is 2.39 bits per heavy atom. The summed E-state index contributed by atoms with van der Waals surface area (Å²) in [7, 11) is 0. The fourth-order valence-electron chi connectivity index (χ4n) is 2.92. The Kier molecular flexibility index (Phi) is 3.41. The topological polar surface area (TPSA) is 44.0 Å². The maximum Gasteiger partial charge on any atom is 0.123 e. The number of hydrogen-bond acceptors (Lipinski definition) is 2. The lowest BCUT2D eigenvalue weighted by atomic mass is 9.70. The van der Waals surface area contributed by atoms with Crippen LogP contribution in [0.2, 0.25) is 0 Å². The van der Waals surface area contributed by atoms with Crippen molar-refractivity contribution in [2.24, 2.45) is 5.41 Å². The second-order valence-electron chi connectivity index (χ2n) is 5.48. The molecule has 96 valence electrons. The molecule has 1 aliphatic rings. The van der Waals surface area contributed by atoms with E-state index in [2.05, 4.69) is 6.07 Å². The molecule has 0 amide bonds. The first-order chi connectivity index (χ1) is 8.49. The molecule has 0 saturated heterocycles. The van der Waals surface area contributed by atoms with Crippen LogP contribution in [0.4, 0.5) is 4.39 Å². The quantitative estimate of drug-likeness (QED) is 0.891. The average Bonchev–Trinajstić information content (AvgIpc) is 2.82. The van der Waals surface area contributed by atoms with E-state index < -0.39 is 11.0 Å². The minimum Gasteiger partial charge on any atom is -0.388 e. The van der Waals surface area contributed by atoms with Crippen molar-refractivity contribution < 1.29 is 9.50 Å². The molecule has 18 heavy (non-hydrogen) atoms. The van der Waals surface area contributed by atoms with Gasteiger partial charge in [-0.15, -0.1) is 0 Å². The van der Waals surface area contributed by atoms with Crippen molar-refractivity contribution in [1.82, 2.24) is 0 Å². The zero-order valence-electron chi connectivity index (χ0n) is 10.6. The summed E-state index contributed by atoms with van der Waals surface area (Å²) in [6.07, 6.45) is 3.87. The molecule has 1 saturated carbocycles. The van der Waals surface area contributed by atoms with Gasteiger partial charge in [0.2, 0.25) is 0 Å². The molecule has 1 aromatic carbocycles. The van der Waals surface area contributed by atoms with Crippen molar-refractivity contribution in [3.05, 3.63) is 35.6 Å². The lowest BCUT2D eigenvalue weighted by Crippen LogP contribution is -2.45. The first kappa shape index (κ1) is 13.0. The van der Waals surface area contributed by atoms with Gasteiger partial charge in [0, 0.05) is 6.42 Å². The summed E-state index contributed by atoms with van der Waals surface area (Å²) in [5.74, 6) is -0.283. The maximum atomic E-state index is 12.8. The maximum absolute atomic E-state index is 12.8. The number of nitrogens with zero attached hydrogens (tertiary/aromatic N) is 1. The van der Waals surface area contributed by atoms with Crippen LogP contribution in [0.15, 0.2) is 24.3 Å². The van der Waals surface area contributed by atoms with Crippen LogP contribution in [0.1, 0.15) is 38.2 Å². The van der Waals surface area contributed by atoms with E-state index in [1.54, 1.807) is 19.1 Å². The van der Waals surface area contributed by atoms with Gasteiger partial charge < -0.3 is 5.11 Å². The van der Waals surface area contributed by atoms with E-state index in [1.165, 1.54) is 12.1 Å². The van der Waals surface area contributed by atoms with Gasteiger partial charge in [-0.3, -0.25) is 0 Å². The molecule has 1 aliphatic carbocycles. The predicted molar refractivity (Wildman–Crippen MR) is 67.2 cm³/mol. The van der Waals surface area contributed by atoms with Crippen LogP contribution in [0.5, 0.6) is 0 Å². The number of halogens is 1. The van der Waals surface area contributed by atoms with Crippen LogP contribution in [-0.4, -0.2) is 10.7 Å². The molecule has 1 N–H and O–H groups in total. The van der Waals surface area contributed by atoms with Crippen LogP contribution in [0, 0.1) is 22.6 Å². The zero-order chi connectivity index (χ0) is 13.2. The number of rotatable bonds is 3. The van der Waals surface area contributed by atoms with Crippen molar-refractivity contribution in [3.63, 3.8) is 0 Å². The van der Waals surface area contributed by atoms with Gasteiger partial charge in [-0.25, -0.2) is 4.39 Å². The normalized spacial score (nSPS) is 21.2. The molecular weight excluding hydrogens is 229 g/mol. The Balaban J connectivity index is 2.21. The first-order valence-corrected chi connectivity index (χ1v) is 6.37. The van der Waals surface area contributed by atoms with E-state index in [4.69, 9.17) is 0 Å². The largest absolute Gasteiger partial charge is 0.388 e. The Bertz CT molecular complexity index is 452. The van der Waals surface area contributed by atoms with E-state index in [0.717, 1.165) is 31.2 Å². The highest BCUT2D eigenvalue weighted by Crippen LogP contribution is 2.47. The highest BCUT2D eigenvalue weighted by atomic mass is 19.1. The van der Waals surface area contributed by atoms with Gasteiger partial charge in [0.25, 0.3) is 0 Å². The number of aliphatic hydroxyl groups is 1. The molecule has 2 nitrogen and oxygen atoms in total. The Hall–Kier alpha value is -1.40. The van der Waals surface area contributed by atoms with E-state index in [9.17, 15) is 14.8 Å². The molecule has 0 spiro atoms. The summed E-state index contributed by atoms with van der Waals surface area (Å²) in [5, 5.41) is 20.1. The van der Waals surface area contributed by atoms with Gasteiger partial charge in [0.15, 0.2) is 0 Å². The standard InChI is InChI=1S/C15H18FNO/c1-14(18,15(11-17)8-2-3-9-15)10-12-4-6-13(16)7-5-12/h4-7,18H,2-3,8-10H2,1H3. The zero-order valence-corrected chi connectivity index (χ0v) is 10.6. The lowest BCUT2D eigenvalue weighted by molar-refractivity contribution is -0.0359. The summed E-state index contributed by atoms with van der Waals surface area (Å²) in [5.41, 5.74) is -0.847. The molecular formula is C15H18FNO. The predicted octanol–water partition coefficient (Wildman–Crippen LogP) is 3.20. The molecule has 1 unspecified atom stereocenters. The van der Waals surface area contributed by atoms with Crippen molar-refractivity contribution in [3.8, 4) is 6.07 Å². The van der Waals surface area contributed by atoms with Crippen molar-refractivity contribution in [2.75, 3.05) is 0 Å². The van der Waals surface area contributed by atoms with Crippen molar-refractivity contribution in [1.29, 1.82) is 5.26 Å². The number of benzene rings is 1. The number of nitriles is 1. The van der Waals surface area contributed by atoms with Crippen LogP contribution >= 0.6 is 0 Å². The lowest BCUT2D eigenvalue weighted by Gasteiger charge is -2.37. The monoisotopic (exact) mass is 247 g/mol. The molecule has 1 atom stereocenters. The number of hydrogen-bond donors (Lipinski definition) is 1. The molecule has 0 aliphatic heterocycles. The minimum atomic E-state index is -1.06. The van der Waals surface area contributed by atoms with E-state index >= 15 is 0 Å². The van der Waals surface area contributed by atoms with Crippen molar-refractivity contribution in [2.45, 2.75) is 44.6 Å². The summed E-state index contributed by atoms with van der Waals surface area (Å²) in [4.78, 5) is 0. The third kappa shape index (κ3) is 2.26. The van der Waals surface area contributed by atoms with Gasteiger partial charge in [-0.1, -0.05) is 25.0 Å². The minimum absolute atomic E-state index is 0.283. The molecule has 0 radical (unpaired) electrons. The molecule has 0 bridgehead atoms. The summed E-state index contributed by atoms with van der Waals surface area (Å²) in [6, 6.07) is 8.44. The fourth-order valence-corrected chi connectivity index (χ4v) is 2.92. The Morgan fingerprint density at radius 2 is 1.89 bits per heavy atom. The third-order valence-corrected chi connectivity index (χ3v) is 4.16. The fraction of sp³-hybridized carbons (Fsp3) is 0.533. The third-order valence-electron chi connectivity index (χ3n) is 4.16. The highest BCUT2D eigenvalue weighted by Gasteiger charge is 2.49. The molecule has 1 aromatic rings. The Labute approximate surface area is 107 Å². The van der Waals surface area contributed by atoms with Gasteiger partial charge in [-0.05, 0) is 37.5 Å². The molecule has 1 fully saturated rings. The van der Waals surface area contributed by atoms with E-state index in [1.807, 2.05) is 0 Å². The highest BCUT2D eigenvalue weighted by molar-refractivity contribution is 5.22.